The molecule has 0 aromatic heterocycles. The zero-order valence-electron chi connectivity index (χ0n) is 9.30. The van der Waals surface area contributed by atoms with E-state index in [0.29, 0.717) is 0 Å². The van der Waals surface area contributed by atoms with Crippen LogP contribution in [0.2, 0.25) is 0 Å². The van der Waals surface area contributed by atoms with Gasteiger partial charge in [-0.3, -0.25) is 9.00 Å². The van der Waals surface area contributed by atoms with Gasteiger partial charge < -0.3 is 15.4 Å². The number of nitrogens with zero attached hydrogens (tertiary/aromatic N) is 1. The van der Waals surface area contributed by atoms with E-state index in [1.165, 1.54) is 12.0 Å². The molecule has 1 unspecified atom stereocenters. The molecular weight excluding hydrogens is 232 g/mol. The summed E-state index contributed by atoms with van der Waals surface area (Å²) in [6.07, 6.45) is 0. The number of hydrogen-bond acceptors (Lipinski definition) is 5. The molecule has 2 heterocycles. The maximum absolute atomic E-state index is 12.1. The summed E-state index contributed by atoms with van der Waals surface area (Å²) in [6, 6.07) is -1.55. The van der Waals surface area contributed by atoms with Crippen molar-refractivity contribution in [3.8, 4) is 0 Å². The SMILES string of the molecule is COC(=O)[C@@H]1N2C(=O)[C@@H](N)[C@H]2S(=O)C1(C)C. The van der Waals surface area contributed by atoms with E-state index >= 15 is 0 Å². The zero-order chi connectivity index (χ0) is 12.2. The van der Waals surface area contributed by atoms with Gasteiger partial charge in [0.15, 0.2) is 0 Å². The van der Waals surface area contributed by atoms with Gasteiger partial charge in [0.05, 0.1) is 22.7 Å². The van der Waals surface area contributed by atoms with Crippen molar-refractivity contribution in [3.63, 3.8) is 0 Å². The van der Waals surface area contributed by atoms with E-state index in [2.05, 4.69) is 4.74 Å². The van der Waals surface area contributed by atoms with Crippen LogP contribution >= 0.6 is 0 Å². The third-order valence-electron chi connectivity index (χ3n) is 3.22. The quantitative estimate of drug-likeness (QED) is 0.452. The van der Waals surface area contributed by atoms with E-state index in [1.54, 1.807) is 13.8 Å². The van der Waals surface area contributed by atoms with Crippen molar-refractivity contribution in [2.24, 2.45) is 5.73 Å². The Morgan fingerprint density at radius 2 is 2.12 bits per heavy atom. The number of hydrogen-bond donors (Lipinski definition) is 1. The average Bonchev–Trinajstić information content (AvgIpc) is 2.44. The molecule has 2 saturated heterocycles. The number of rotatable bonds is 1. The van der Waals surface area contributed by atoms with Crippen LogP contribution in [-0.2, 0) is 25.1 Å². The first kappa shape index (κ1) is 11.5. The Hall–Kier alpha value is -0.950. The van der Waals surface area contributed by atoms with Gasteiger partial charge in [-0.15, -0.1) is 0 Å². The molecule has 2 rings (SSSR count). The van der Waals surface area contributed by atoms with Crippen LogP contribution in [0.25, 0.3) is 0 Å². The van der Waals surface area contributed by atoms with Gasteiger partial charge in [0.1, 0.15) is 17.5 Å². The van der Waals surface area contributed by atoms with Crippen LogP contribution < -0.4 is 5.73 Å². The van der Waals surface area contributed by atoms with E-state index in [1.807, 2.05) is 0 Å². The van der Waals surface area contributed by atoms with Crippen molar-refractivity contribution in [2.45, 2.75) is 36.1 Å². The van der Waals surface area contributed by atoms with Crippen LogP contribution in [-0.4, -0.2) is 50.3 Å². The first-order chi connectivity index (χ1) is 7.34. The van der Waals surface area contributed by atoms with Gasteiger partial charge in [-0.05, 0) is 13.8 Å². The first-order valence-corrected chi connectivity index (χ1v) is 6.11. The molecule has 0 spiro atoms. The van der Waals surface area contributed by atoms with Crippen molar-refractivity contribution in [2.75, 3.05) is 7.11 Å². The number of carbonyl (C=O) groups is 2. The van der Waals surface area contributed by atoms with E-state index in [-0.39, 0.29) is 5.91 Å². The third kappa shape index (κ3) is 1.12. The average molecular weight is 246 g/mol. The molecule has 6 nitrogen and oxygen atoms in total. The summed E-state index contributed by atoms with van der Waals surface area (Å²) in [5, 5.41) is -0.549. The Balaban J connectivity index is 2.41. The number of ether oxygens (including phenoxy) is 1. The van der Waals surface area contributed by atoms with Crippen molar-refractivity contribution < 1.29 is 18.5 Å². The monoisotopic (exact) mass is 246 g/mol. The maximum atomic E-state index is 12.1. The standard InChI is InChI=1S/C9H14N2O4S/c1-9(2)5(8(13)15-3)11-6(12)4(10)7(11)16(9)14/h4-5,7H,10H2,1-3H3/t4-,5+,7-,16?/m1/s1. The second kappa shape index (κ2) is 3.27. The topological polar surface area (TPSA) is 89.7 Å². The van der Waals surface area contributed by atoms with Crippen molar-refractivity contribution >= 4 is 22.7 Å². The highest BCUT2D eigenvalue weighted by Gasteiger charge is 2.67. The third-order valence-corrected chi connectivity index (χ3v) is 5.44. The van der Waals surface area contributed by atoms with Gasteiger partial charge in [-0.1, -0.05) is 0 Å². The fraction of sp³-hybridized carbons (Fsp3) is 0.778. The lowest BCUT2D eigenvalue weighted by Gasteiger charge is -2.41. The van der Waals surface area contributed by atoms with E-state index in [4.69, 9.17) is 5.73 Å². The normalized spacial score (nSPS) is 40.2. The summed E-state index contributed by atoms with van der Waals surface area (Å²) in [7, 11) is -0.0961. The van der Waals surface area contributed by atoms with Crippen LogP contribution in [0, 0.1) is 0 Å². The number of carbonyl (C=O) groups excluding carboxylic acids is 2. The molecule has 0 saturated carbocycles. The summed E-state index contributed by atoms with van der Waals surface area (Å²) in [5.74, 6) is -0.875. The molecule has 0 aromatic rings. The highest BCUT2D eigenvalue weighted by molar-refractivity contribution is 7.87. The fourth-order valence-corrected chi connectivity index (χ4v) is 4.15. The predicted molar refractivity (Wildman–Crippen MR) is 56.6 cm³/mol. The molecule has 0 bridgehead atoms. The van der Waals surface area contributed by atoms with Crippen molar-refractivity contribution in [3.05, 3.63) is 0 Å². The Kier molecular flexibility index (Phi) is 2.36. The van der Waals surface area contributed by atoms with Gasteiger partial charge in [0, 0.05) is 0 Å². The molecule has 1 amide bonds. The van der Waals surface area contributed by atoms with Crippen LogP contribution in [0.15, 0.2) is 0 Å². The molecule has 2 N–H and O–H groups in total. The molecular formula is C9H14N2O4S. The number of methoxy groups -OCH3 is 1. The van der Waals surface area contributed by atoms with Gasteiger partial charge in [0.25, 0.3) is 0 Å². The lowest BCUT2D eigenvalue weighted by atomic mass is 9.96. The fourth-order valence-electron chi connectivity index (χ4n) is 2.29. The molecule has 0 radical (unpaired) electrons. The summed E-state index contributed by atoms with van der Waals surface area (Å²) >= 11 is 0. The molecule has 7 heteroatoms. The smallest absolute Gasteiger partial charge is 0.330 e. The number of nitrogens with two attached hydrogens (primary N) is 1. The highest BCUT2D eigenvalue weighted by atomic mass is 32.2. The molecule has 16 heavy (non-hydrogen) atoms. The van der Waals surface area contributed by atoms with Crippen LogP contribution in [0.4, 0.5) is 0 Å². The first-order valence-electron chi connectivity index (χ1n) is 4.90. The van der Waals surface area contributed by atoms with Gasteiger partial charge in [-0.2, -0.15) is 0 Å². The van der Waals surface area contributed by atoms with Crippen LogP contribution in [0.3, 0.4) is 0 Å². The number of esters is 1. The number of amides is 1. The summed E-state index contributed by atoms with van der Waals surface area (Å²) in [6.45, 7) is 3.37. The second-order valence-electron chi connectivity index (χ2n) is 4.49. The van der Waals surface area contributed by atoms with E-state index in [9.17, 15) is 13.8 Å². The Bertz CT molecular complexity index is 395. The lowest BCUT2D eigenvalue weighted by Crippen LogP contribution is -2.69. The summed E-state index contributed by atoms with van der Waals surface area (Å²) in [5.41, 5.74) is 5.59. The van der Waals surface area contributed by atoms with Gasteiger partial charge >= 0.3 is 5.97 Å². The van der Waals surface area contributed by atoms with Crippen LogP contribution in [0.1, 0.15) is 13.8 Å². The largest absolute Gasteiger partial charge is 0.467 e. The van der Waals surface area contributed by atoms with Gasteiger partial charge in [0.2, 0.25) is 5.91 Å². The summed E-state index contributed by atoms with van der Waals surface area (Å²) < 4.78 is 15.9. The minimum absolute atomic E-state index is 0.334. The molecule has 0 aliphatic carbocycles. The van der Waals surface area contributed by atoms with E-state index in [0.717, 1.165) is 0 Å². The van der Waals surface area contributed by atoms with Crippen LogP contribution in [0.5, 0.6) is 0 Å². The van der Waals surface area contributed by atoms with Crippen molar-refractivity contribution in [1.82, 2.24) is 4.90 Å². The number of β-lactam (4-membered cyclic amide) rings is 1. The predicted octanol–water partition coefficient (Wildman–Crippen LogP) is -1.44. The van der Waals surface area contributed by atoms with Gasteiger partial charge in [-0.25, -0.2) is 4.79 Å². The number of fused-ring (bicyclic) bond motifs is 1. The lowest BCUT2D eigenvalue weighted by molar-refractivity contribution is -0.161. The molecule has 90 valence electrons. The maximum Gasteiger partial charge on any atom is 0.330 e. The Morgan fingerprint density at radius 1 is 1.56 bits per heavy atom. The molecule has 2 aliphatic rings. The summed E-state index contributed by atoms with van der Waals surface area (Å²) in [4.78, 5) is 24.5. The highest BCUT2D eigenvalue weighted by Crippen LogP contribution is 2.42. The second-order valence-corrected chi connectivity index (χ2v) is 6.62. The molecule has 4 atom stereocenters. The minimum atomic E-state index is -1.35. The van der Waals surface area contributed by atoms with E-state index < -0.39 is 39.0 Å². The molecule has 2 aliphatic heterocycles. The van der Waals surface area contributed by atoms with Crippen molar-refractivity contribution in [1.29, 1.82) is 0 Å². The minimum Gasteiger partial charge on any atom is -0.467 e. The molecule has 2 fully saturated rings. The Morgan fingerprint density at radius 3 is 2.62 bits per heavy atom. The molecule has 0 aromatic carbocycles. The Labute approximate surface area is 95.6 Å². The zero-order valence-corrected chi connectivity index (χ0v) is 10.1.